The number of hydrogen-bond donors (Lipinski definition) is 2. The van der Waals surface area contributed by atoms with Crippen LogP contribution in [0, 0.1) is 0 Å². The van der Waals surface area contributed by atoms with Gasteiger partial charge in [-0.2, -0.15) is 13.2 Å². The summed E-state index contributed by atoms with van der Waals surface area (Å²) in [6, 6.07) is 7.19. The highest BCUT2D eigenvalue weighted by molar-refractivity contribution is 5.89. The third-order valence-corrected chi connectivity index (χ3v) is 2.86. The Morgan fingerprint density at radius 2 is 2.04 bits per heavy atom. The summed E-state index contributed by atoms with van der Waals surface area (Å²) < 4.78 is 40.6. The van der Waals surface area contributed by atoms with E-state index in [1.54, 1.807) is 25.3 Å². The third-order valence-electron chi connectivity index (χ3n) is 2.86. The summed E-state index contributed by atoms with van der Waals surface area (Å²) >= 11 is 0. The van der Waals surface area contributed by atoms with Gasteiger partial charge in [0, 0.05) is 12.3 Å². The zero-order valence-corrected chi connectivity index (χ0v) is 12.7. The van der Waals surface area contributed by atoms with Gasteiger partial charge in [0.25, 0.3) is 0 Å². The summed E-state index contributed by atoms with van der Waals surface area (Å²) in [4.78, 5) is 19.7. The number of amides is 2. The second-order valence-electron chi connectivity index (χ2n) is 4.86. The van der Waals surface area contributed by atoms with Crippen LogP contribution in [0.2, 0.25) is 0 Å². The number of hydrogen-bond acceptors (Lipinski definition) is 4. The number of aromatic nitrogens is 2. The summed E-state index contributed by atoms with van der Waals surface area (Å²) in [7, 11) is 0. The van der Waals surface area contributed by atoms with Gasteiger partial charge in [0.05, 0.1) is 23.6 Å². The summed E-state index contributed by atoms with van der Waals surface area (Å²) in [6.07, 6.45) is -1.61. The number of anilines is 1. The van der Waals surface area contributed by atoms with Crippen LogP contribution in [-0.4, -0.2) is 28.8 Å². The van der Waals surface area contributed by atoms with Crippen LogP contribution in [0.1, 0.15) is 18.7 Å². The fourth-order valence-corrected chi connectivity index (χ4v) is 1.77. The predicted octanol–water partition coefficient (Wildman–Crippen LogP) is 3.30. The van der Waals surface area contributed by atoms with Crippen molar-refractivity contribution in [3.05, 3.63) is 48.4 Å². The maximum atomic E-state index is 12.0. The molecule has 128 valence electrons. The van der Waals surface area contributed by atoms with Crippen molar-refractivity contribution in [3.63, 3.8) is 0 Å². The maximum Gasteiger partial charge on any atom is 0.422 e. The Morgan fingerprint density at radius 3 is 2.62 bits per heavy atom. The molecule has 2 amide bonds. The number of alkyl halides is 3. The van der Waals surface area contributed by atoms with Crippen molar-refractivity contribution in [1.29, 1.82) is 0 Å². The van der Waals surface area contributed by atoms with Crippen molar-refractivity contribution >= 4 is 11.7 Å². The van der Waals surface area contributed by atoms with E-state index in [4.69, 9.17) is 0 Å². The van der Waals surface area contributed by atoms with E-state index >= 15 is 0 Å². The highest BCUT2D eigenvalue weighted by Gasteiger charge is 2.28. The molecule has 2 aromatic heterocycles. The monoisotopic (exact) mass is 340 g/mol. The van der Waals surface area contributed by atoms with Crippen molar-refractivity contribution in [2.75, 3.05) is 11.9 Å². The van der Waals surface area contributed by atoms with Crippen molar-refractivity contribution in [2.45, 2.75) is 19.1 Å². The molecule has 0 spiro atoms. The number of urea groups is 1. The molecule has 6 nitrogen and oxygen atoms in total. The van der Waals surface area contributed by atoms with Gasteiger partial charge in [0.1, 0.15) is 0 Å². The SMILES string of the molecule is C[C@H](NC(=O)Nc1ccc(OCC(F)(F)F)nc1)c1ccccn1. The number of halogens is 3. The molecule has 0 saturated carbocycles. The van der Waals surface area contributed by atoms with Crippen molar-refractivity contribution in [1.82, 2.24) is 15.3 Å². The molecule has 0 aliphatic carbocycles. The molecule has 0 bridgehead atoms. The van der Waals surface area contributed by atoms with Crippen LogP contribution in [0.3, 0.4) is 0 Å². The lowest BCUT2D eigenvalue weighted by Gasteiger charge is -2.14. The van der Waals surface area contributed by atoms with Gasteiger partial charge in [-0.3, -0.25) is 4.98 Å². The Kier molecular flexibility index (Phi) is 5.56. The molecular weight excluding hydrogens is 325 g/mol. The van der Waals surface area contributed by atoms with E-state index in [1.165, 1.54) is 18.3 Å². The number of nitrogens with one attached hydrogen (secondary N) is 2. The first kappa shape index (κ1) is 17.5. The first-order valence-electron chi connectivity index (χ1n) is 6.97. The Balaban J connectivity index is 1.85. The first-order valence-corrected chi connectivity index (χ1v) is 6.97. The van der Waals surface area contributed by atoms with E-state index in [2.05, 4.69) is 25.3 Å². The van der Waals surface area contributed by atoms with Gasteiger partial charge in [-0.15, -0.1) is 0 Å². The number of rotatable bonds is 5. The van der Waals surface area contributed by atoms with Crippen LogP contribution in [0.15, 0.2) is 42.7 Å². The number of pyridine rings is 2. The van der Waals surface area contributed by atoms with Gasteiger partial charge in [-0.05, 0) is 25.1 Å². The number of nitrogens with zero attached hydrogens (tertiary/aromatic N) is 2. The second kappa shape index (κ2) is 7.62. The standard InChI is InChI=1S/C15H15F3N4O2/c1-10(12-4-2-3-7-19-12)21-14(23)22-11-5-6-13(20-8-11)24-9-15(16,17)18/h2-8,10H,9H2,1H3,(H2,21,22,23)/t10-/m0/s1. The topological polar surface area (TPSA) is 76.1 Å². The first-order chi connectivity index (χ1) is 11.3. The molecular formula is C15H15F3N4O2. The highest BCUT2D eigenvalue weighted by atomic mass is 19.4. The maximum absolute atomic E-state index is 12.0. The molecule has 0 radical (unpaired) electrons. The van der Waals surface area contributed by atoms with Crippen molar-refractivity contribution in [3.8, 4) is 5.88 Å². The van der Waals surface area contributed by atoms with E-state index in [0.29, 0.717) is 11.4 Å². The Morgan fingerprint density at radius 1 is 1.25 bits per heavy atom. The zero-order valence-electron chi connectivity index (χ0n) is 12.7. The average Bonchev–Trinajstić information content (AvgIpc) is 2.54. The molecule has 2 aromatic rings. The molecule has 9 heteroatoms. The molecule has 2 rings (SSSR count). The van der Waals surface area contributed by atoms with E-state index in [1.807, 2.05) is 6.07 Å². The smallest absolute Gasteiger partial charge is 0.422 e. The zero-order chi connectivity index (χ0) is 17.6. The Labute approximate surface area is 136 Å². The fraction of sp³-hybridized carbons (Fsp3) is 0.267. The Bertz CT molecular complexity index is 663. The molecule has 2 heterocycles. The lowest BCUT2D eigenvalue weighted by molar-refractivity contribution is -0.154. The molecule has 2 N–H and O–H groups in total. The minimum Gasteiger partial charge on any atom is -0.468 e. The lowest BCUT2D eigenvalue weighted by atomic mass is 10.2. The minimum absolute atomic E-state index is 0.180. The van der Waals surface area contributed by atoms with Crippen LogP contribution in [0.25, 0.3) is 0 Å². The van der Waals surface area contributed by atoms with Crippen molar-refractivity contribution in [2.24, 2.45) is 0 Å². The number of carbonyl (C=O) groups excluding carboxylic acids is 1. The van der Waals surface area contributed by atoms with Gasteiger partial charge in [-0.25, -0.2) is 9.78 Å². The van der Waals surface area contributed by atoms with E-state index in [0.717, 1.165) is 0 Å². The van der Waals surface area contributed by atoms with E-state index in [9.17, 15) is 18.0 Å². The summed E-state index contributed by atoms with van der Waals surface area (Å²) in [5.41, 5.74) is 1.02. The summed E-state index contributed by atoms with van der Waals surface area (Å²) in [6.45, 7) is 0.350. The van der Waals surface area contributed by atoms with Gasteiger partial charge in [-0.1, -0.05) is 6.07 Å². The summed E-state index contributed by atoms with van der Waals surface area (Å²) in [5, 5.41) is 5.21. The van der Waals surface area contributed by atoms with Gasteiger partial charge < -0.3 is 15.4 Å². The normalized spacial score (nSPS) is 12.3. The van der Waals surface area contributed by atoms with Gasteiger partial charge >= 0.3 is 12.2 Å². The average molecular weight is 340 g/mol. The van der Waals surface area contributed by atoms with Crippen LogP contribution in [0.4, 0.5) is 23.7 Å². The quantitative estimate of drug-likeness (QED) is 0.876. The largest absolute Gasteiger partial charge is 0.468 e. The minimum atomic E-state index is -4.43. The van der Waals surface area contributed by atoms with E-state index in [-0.39, 0.29) is 11.9 Å². The molecule has 0 aromatic carbocycles. The Hall–Kier alpha value is -2.84. The van der Waals surface area contributed by atoms with Crippen molar-refractivity contribution < 1.29 is 22.7 Å². The highest BCUT2D eigenvalue weighted by Crippen LogP contribution is 2.18. The molecule has 0 saturated heterocycles. The van der Waals surface area contributed by atoms with Crippen LogP contribution < -0.4 is 15.4 Å². The molecule has 0 aliphatic heterocycles. The fourth-order valence-electron chi connectivity index (χ4n) is 1.77. The predicted molar refractivity (Wildman–Crippen MR) is 80.6 cm³/mol. The molecule has 0 unspecified atom stereocenters. The molecule has 1 atom stereocenters. The third kappa shape index (κ3) is 5.75. The number of ether oxygens (including phenoxy) is 1. The summed E-state index contributed by atoms with van der Waals surface area (Å²) in [5.74, 6) is -0.180. The molecule has 0 aliphatic rings. The van der Waals surface area contributed by atoms with Crippen LogP contribution in [0.5, 0.6) is 5.88 Å². The number of carbonyl (C=O) groups is 1. The van der Waals surface area contributed by atoms with E-state index < -0.39 is 18.8 Å². The second-order valence-corrected chi connectivity index (χ2v) is 4.86. The van der Waals surface area contributed by atoms with Gasteiger partial charge in [0.15, 0.2) is 6.61 Å². The van der Waals surface area contributed by atoms with Crippen LogP contribution >= 0.6 is 0 Å². The van der Waals surface area contributed by atoms with Gasteiger partial charge in [0.2, 0.25) is 5.88 Å². The van der Waals surface area contributed by atoms with Crippen LogP contribution in [-0.2, 0) is 0 Å². The molecule has 0 fully saturated rings. The molecule has 24 heavy (non-hydrogen) atoms. The lowest BCUT2D eigenvalue weighted by Crippen LogP contribution is -2.31.